The molecule has 1 N–H and O–H groups in total. The first-order chi connectivity index (χ1) is 45.7. The van der Waals surface area contributed by atoms with Crippen molar-refractivity contribution < 1.29 is 84.9 Å². The molecule has 3 amide bonds. The van der Waals surface area contributed by atoms with Crippen LogP contribution in [-0.4, -0.2) is 190 Å². The van der Waals surface area contributed by atoms with Crippen LogP contribution in [0.1, 0.15) is 62.3 Å². The molecule has 97 heavy (non-hydrogen) atoms. The third kappa shape index (κ3) is 22.7. The van der Waals surface area contributed by atoms with E-state index in [1.165, 1.54) is 23.8 Å². The summed E-state index contributed by atoms with van der Waals surface area (Å²) in [4.78, 5) is 67.6. The van der Waals surface area contributed by atoms with Gasteiger partial charge in [-0.3, -0.25) is 14.4 Å². The molecule has 25 heteroatoms. The molecule has 6 aromatic carbocycles. The van der Waals surface area contributed by atoms with Gasteiger partial charge in [0.2, 0.25) is 19.2 Å². The summed E-state index contributed by atoms with van der Waals surface area (Å²) in [6.07, 6.45) is 2.19. The Kier molecular flexibility index (Phi) is 31.8. The second-order valence-corrected chi connectivity index (χ2v) is 23.7. The number of fused-ring (bicyclic) bond motifs is 9. The molecule has 0 saturated heterocycles. The molecular formula is C72H93ClF2N6O16. The Morgan fingerprint density at radius 2 is 0.701 bits per heavy atom. The Balaban J connectivity index is 0.000000262. The van der Waals surface area contributed by atoms with E-state index in [0.717, 1.165) is 80.6 Å². The van der Waals surface area contributed by atoms with E-state index < -0.39 is 36.7 Å². The third-order valence-corrected chi connectivity index (χ3v) is 14.2. The molecule has 9 rings (SSSR count). The number of carbonyl (C=O) groups is 5. The maximum atomic E-state index is 13.2. The molecule has 3 aromatic heterocycles. The number of nitrogens with one attached hydrogen (secondary N) is 1. The van der Waals surface area contributed by atoms with E-state index in [9.17, 15) is 32.8 Å². The molecule has 0 atom stereocenters. The predicted octanol–water partition coefficient (Wildman–Crippen LogP) is 13.9. The molecule has 22 nitrogen and oxygen atoms in total. The highest BCUT2D eigenvalue weighted by atomic mass is 35.5. The number of halogens is 3. The fourth-order valence-corrected chi connectivity index (χ4v) is 9.84. The van der Waals surface area contributed by atoms with Crippen molar-refractivity contribution in [2.45, 2.75) is 73.5 Å². The van der Waals surface area contributed by atoms with Gasteiger partial charge in [-0.25, -0.2) is 27.5 Å². The van der Waals surface area contributed by atoms with Crippen LogP contribution >= 0.6 is 12.4 Å². The van der Waals surface area contributed by atoms with Crippen LogP contribution in [0.15, 0.2) is 109 Å². The Bertz CT molecular complexity index is 3800. The minimum Gasteiger partial charge on any atom is -0.491 e. The van der Waals surface area contributed by atoms with Crippen LogP contribution in [0.2, 0.25) is 0 Å². The Morgan fingerprint density at radius 3 is 1.05 bits per heavy atom. The lowest BCUT2D eigenvalue weighted by Crippen LogP contribution is -2.27. The third-order valence-electron chi connectivity index (χ3n) is 14.2. The van der Waals surface area contributed by atoms with Gasteiger partial charge in [0, 0.05) is 101 Å². The quantitative estimate of drug-likeness (QED) is 0.0298. The molecule has 0 radical (unpaired) electrons. The zero-order chi connectivity index (χ0) is 68.5. The van der Waals surface area contributed by atoms with Crippen LogP contribution in [0, 0.1) is 0 Å². The molecule has 3 heterocycles. The number of aromatic amines is 1. The number of hydrogen-bond donors (Lipinski definition) is 1. The van der Waals surface area contributed by atoms with Gasteiger partial charge in [0.25, 0.3) is 0 Å². The fraction of sp³-hybridized carbons (Fsp3) is 0.431. The molecular weight excluding hydrogens is 1280 g/mol. The highest BCUT2D eigenvalue weighted by Gasteiger charge is 2.26. The van der Waals surface area contributed by atoms with E-state index in [1.54, 1.807) is 33.3 Å². The molecule has 0 aliphatic rings. The second-order valence-electron chi connectivity index (χ2n) is 23.7. The molecule has 0 bridgehead atoms. The molecule has 9 aromatic rings. The smallest absolute Gasteiger partial charge is 0.419 e. The van der Waals surface area contributed by atoms with Crippen LogP contribution in [0.4, 0.5) is 35.4 Å². The summed E-state index contributed by atoms with van der Waals surface area (Å²) in [5.41, 5.74) is 5.32. The number of ether oxygens (including phenoxy) is 11. The van der Waals surface area contributed by atoms with Crippen LogP contribution in [0.5, 0.6) is 17.2 Å². The highest BCUT2D eigenvalue weighted by molar-refractivity contribution is 6.15. The topological polar surface area (TPSA) is 222 Å². The van der Waals surface area contributed by atoms with E-state index in [-0.39, 0.29) is 33.0 Å². The van der Waals surface area contributed by atoms with Crippen LogP contribution in [0.25, 0.3) is 65.4 Å². The van der Waals surface area contributed by atoms with Gasteiger partial charge >= 0.3 is 12.2 Å². The lowest BCUT2D eigenvalue weighted by atomic mass is 10.1. The molecule has 0 aliphatic carbocycles. The van der Waals surface area contributed by atoms with E-state index in [2.05, 4.69) is 11.9 Å². The maximum Gasteiger partial charge on any atom is 0.419 e. The number of amides is 3. The summed E-state index contributed by atoms with van der Waals surface area (Å²) >= 11 is 0. The number of rotatable bonds is 33. The predicted molar refractivity (Wildman–Crippen MR) is 379 cm³/mol. The van der Waals surface area contributed by atoms with Crippen molar-refractivity contribution in [2.24, 2.45) is 0 Å². The molecule has 0 unspecified atom stereocenters. The average Bonchev–Trinajstić information content (AvgIpc) is 1.61. The molecule has 0 spiro atoms. The summed E-state index contributed by atoms with van der Waals surface area (Å²) in [6.45, 7) is 17.8. The number of nitrogens with zero attached hydrogens (tertiary/aromatic N) is 5. The lowest BCUT2D eigenvalue weighted by molar-refractivity contribution is -0.107. The zero-order valence-corrected chi connectivity index (χ0v) is 57.1. The average molecular weight is 1370 g/mol. The molecule has 0 saturated carbocycles. The standard InChI is InChI=1S/C26H34N2O6.C25H31FN2O6.C20H23FN2O4.CH4.ClH/c1-6-11-31-12-13-32-14-15-33-20-8-10-22-21-9-7-19(27(5)18-29)16-23(21)28(24(22)17-20)25(30)34-26(2,3)4;1-25(2,3)34-24(30)28-22-15-18(27(4)17-29)5-7-20(22)21-8-6-19(16-23(21)28)33-14-13-32-12-11-31-10-9-26;1-23(14-24)15-2-4-17-18-5-3-16(13-20(18)22-19(17)12-15)27-11-10-26-9-8-25-7-6-21;;/h7-10,16-18H,6,11-15H2,1-5H3;5-8,15-17H,9-14H2,1-4H3;2-5,12-14,22H,6-11H2,1H3;1H4;1H/i;26-1;21-1;;. The van der Waals surface area contributed by atoms with Gasteiger partial charge in [-0.2, -0.15) is 0 Å². The number of carbonyl (C=O) groups excluding carboxylic acids is 5. The minimum absolute atomic E-state index is 0. The van der Waals surface area contributed by atoms with Gasteiger partial charge in [-0.05, 0) is 121 Å². The van der Waals surface area contributed by atoms with Gasteiger partial charge in [0.05, 0.1) is 100 Å². The number of benzene rings is 6. The van der Waals surface area contributed by atoms with E-state index >= 15 is 0 Å². The van der Waals surface area contributed by atoms with Crippen molar-refractivity contribution in [3.63, 3.8) is 0 Å². The molecule has 528 valence electrons. The van der Waals surface area contributed by atoms with E-state index in [1.807, 2.05) is 139 Å². The number of aromatic nitrogens is 3. The first kappa shape index (κ1) is 79.1. The zero-order valence-electron chi connectivity index (χ0n) is 56.3. The summed E-state index contributed by atoms with van der Waals surface area (Å²) in [7, 11) is 5.03. The summed E-state index contributed by atoms with van der Waals surface area (Å²) in [5, 5.41) is 5.67. The van der Waals surface area contributed by atoms with Gasteiger partial charge in [0.1, 0.15) is 61.6 Å². The van der Waals surface area contributed by atoms with Crippen molar-refractivity contribution in [3.05, 3.63) is 109 Å². The highest BCUT2D eigenvalue weighted by Crippen LogP contribution is 2.37. The van der Waals surface area contributed by atoms with Crippen LogP contribution in [0.3, 0.4) is 0 Å². The first-order valence-electron chi connectivity index (χ1n) is 31.4. The van der Waals surface area contributed by atoms with Gasteiger partial charge < -0.3 is 71.8 Å². The summed E-state index contributed by atoms with van der Waals surface area (Å²) < 4.78 is 87.3. The van der Waals surface area contributed by atoms with Crippen molar-refractivity contribution in [3.8, 4) is 17.2 Å². The van der Waals surface area contributed by atoms with Gasteiger partial charge in [-0.1, -0.05) is 32.5 Å². The number of H-pyrrole nitrogens is 1. The molecule has 0 aliphatic heterocycles. The SMILES string of the molecule is C.CCCOCCOCCOc1ccc2c3ccc(N(C)C=O)cc3n(C(=O)OC(C)(C)C)c2c1.CN(C=O)c1ccc2c(c1)[nH]c1cc(OCCOCCOCC[18F])ccc12.CN(C=O)c1ccc2c3ccc(OCCOCCOCC[18F])cc3n(C(=O)OC(C)(C)C)c2c1.Cl. The number of anilines is 3. The van der Waals surface area contributed by atoms with Gasteiger partial charge in [0.15, 0.2) is 0 Å². The van der Waals surface area contributed by atoms with Crippen LogP contribution < -0.4 is 28.9 Å². The van der Waals surface area contributed by atoms with Crippen molar-refractivity contribution in [1.82, 2.24) is 14.1 Å². The van der Waals surface area contributed by atoms with E-state index in [0.29, 0.717) is 131 Å². The van der Waals surface area contributed by atoms with E-state index in [4.69, 9.17) is 52.1 Å². The molecule has 0 fully saturated rings. The van der Waals surface area contributed by atoms with Crippen molar-refractivity contribution in [1.29, 1.82) is 0 Å². The Hall–Kier alpha value is -8.62. The van der Waals surface area contributed by atoms with Crippen molar-refractivity contribution >= 4 is 126 Å². The first-order valence-corrected chi connectivity index (χ1v) is 31.4. The largest absolute Gasteiger partial charge is 0.491 e. The fourth-order valence-electron chi connectivity index (χ4n) is 9.84. The maximum absolute atomic E-state index is 13.2. The minimum atomic E-state index is -0.684. The van der Waals surface area contributed by atoms with Gasteiger partial charge in [-0.15, -0.1) is 12.4 Å². The van der Waals surface area contributed by atoms with Crippen molar-refractivity contribution in [2.75, 3.05) is 148 Å². The normalized spacial score (nSPS) is 11.3. The monoisotopic (exact) mass is 1370 g/mol. The Labute approximate surface area is 571 Å². The number of alkyl halides is 2. The lowest BCUT2D eigenvalue weighted by Gasteiger charge is -2.20. The second kappa shape index (κ2) is 38.9. The van der Waals surface area contributed by atoms with Crippen LogP contribution in [-0.2, 0) is 52.3 Å². The summed E-state index contributed by atoms with van der Waals surface area (Å²) in [6, 6.07) is 33.9. The number of hydrogen-bond acceptors (Lipinski definition) is 16. The Morgan fingerprint density at radius 1 is 0.412 bits per heavy atom. The summed E-state index contributed by atoms with van der Waals surface area (Å²) in [5.74, 6) is 1.94.